The first kappa shape index (κ1) is 14.0. The molecule has 0 fully saturated rings. The Morgan fingerprint density at radius 2 is 1.75 bits per heavy atom. The van der Waals surface area contributed by atoms with Crippen LogP contribution in [0.3, 0.4) is 0 Å². The number of nitro benzene ring substituents is 1. The molecular formula is C15H15NO4. The summed E-state index contributed by atoms with van der Waals surface area (Å²) in [6, 6.07) is 13.4. The van der Waals surface area contributed by atoms with Gasteiger partial charge in [-0.3, -0.25) is 10.1 Å². The molecule has 1 atom stereocenters. The molecule has 0 aliphatic rings. The van der Waals surface area contributed by atoms with E-state index in [1.165, 1.54) is 12.1 Å². The number of nitrogens with zero attached hydrogens (tertiary/aromatic N) is 1. The van der Waals surface area contributed by atoms with E-state index in [1.54, 1.807) is 43.3 Å². The van der Waals surface area contributed by atoms with Gasteiger partial charge in [-0.2, -0.15) is 0 Å². The van der Waals surface area contributed by atoms with Gasteiger partial charge in [0.05, 0.1) is 11.0 Å². The van der Waals surface area contributed by atoms with Crippen molar-refractivity contribution < 1.29 is 14.8 Å². The van der Waals surface area contributed by atoms with Crippen molar-refractivity contribution in [2.24, 2.45) is 0 Å². The summed E-state index contributed by atoms with van der Waals surface area (Å²) >= 11 is 0. The maximum Gasteiger partial charge on any atom is 0.269 e. The second kappa shape index (κ2) is 6.16. The second-order valence-electron chi connectivity index (χ2n) is 4.46. The van der Waals surface area contributed by atoms with Gasteiger partial charge in [-0.1, -0.05) is 12.1 Å². The number of rotatable bonds is 5. The van der Waals surface area contributed by atoms with Crippen LogP contribution in [0.15, 0.2) is 48.5 Å². The van der Waals surface area contributed by atoms with Gasteiger partial charge in [-0.25, -0.2) is 0 Å². The summed E-state index contributed by atoms with van der Waals surface area (Å²) in [7, 11) is 0. The maximum absolute atomic E-state index is 10.5. The van der Waals surface area contributed by atoms with Crippen LogP contribution in [-0.4, -0.2) is 10.0 Å². The predicted molar refractivity (Wildman–Crippen MR) is 74.5 cm³/mol. The van der Waals surface area contributed by atoms with Crippen molar-refractivity contribution in [3.63, 3.8) is 0 Å². The van der Waals surface area contributed by atoms with Crippen LogP contribution in [0.1, 0.15) is 24.2 Å². The van der Waals surface area contributed by atoms with Crippen LogP contribution in [0.5, 0.6) is 5.75 Å². The fourth-order valence-electron chi connectivity index (χ4n) is 1.72. The number of hydrogen-bond acceptors (Lipinski definition) is 4. The molecule has 0 aliphatic heterocycles. The van der Waals surface area contributed by atoms with E-state index in [9.17, 15) is 15.2 Å². The minimum absolute atomic E-state index is 0.0648. The maximum atomic E-state index is 10.5. The van der Waals surface area contributed by atoms with Crippen LogP contribution in [0, 0.1) is 10.1 Å². The minimum atomic E-state index is -0.501. The van der Waals surface area contributed by atoms with Gasteiger partial charge in [0.25, 0.3) is 5.69 Å². The highest BCUT2D eigenvalue weighted by molar-refractivity contribution is 5.33. The first-order valence-corrected chi connectivity index (χ1v) is 6.20. The highest BCUT2D eigenvalue weighted by Crippen LogP contribution is 2.19. The Labute approximate surface area is 116 Å². The lowest BCUT2D eigenvalue weighted by Gasteiger charge is -2.08. The summed E-state index contributed by atoms with van der Waals surface area (Å²) in [5, 5.41) is 19.9. The van der Waals surface area contributed by atoms with Crippen LogP contribution >= 0.6 is 0 Å². The van der Waals surface area contributed by atoms with E-state index < -0.39 is 11.0 Å². The highest BCUT2D eigenvalue weighted by atomic mass is 16.6. The van der Waals surface area contributed by atoms with E-state index in [1.807, 2.05) is 0 Å². The van der Waals surface area contributed by atoms with E-state index >= 15 is 0 Å². The summed E-state index contributed by atoms with van der Waals surface area (Å²) < 4.78 is 5.58. The quantitative estimate of drug-likeness (QED) is 0.670. The summed E-state index contributed by atoms with van der Waals surface area (Å²) in [4.78, 5) is 10.1. The van der Waals surface area contributed by atoms with Crippen LogP contribution in [0.25, 0.3) is 0 Å². The van der Waals surface area contributed by atoms with Gasteiger partial charge >= 0.3 is 0 Å². The molecule has 2 aromatic carbocycles. The molecular weight excluding hydrogens is 258 g/mol. The van der Waals surface area contributed by atoms with E-state index in [0.29, 0.717) is 12.4 Å². The lowest BCUT2D eigenvalue weighted by atomic mass is 10.1. The van der Waals surface area contributed by atoms with Crippen molar-refractivity contribution in [3.8, 4) is 5.75 Å². The van der Waals surface area contributed by atoms with Crippen molar-refractivity contribution in [3.05, 3.63) is 69.8 Å². The number of nitro groups is 1. The third-order valence-corrected chi connectivity index (χ3v) is 2.92. The lowest BCUT2D eigenvalue weighted by molar-refractivity contribution is -0.384. The summed E-state index contributed by atoms with van der Waals surface area (Å²) in [5.41, 5.74) is 1.75. The van der Waals surface area contributed by atoms with Gasteiger partial charge in [-0.05, 0) is 42.3 Å². The smallest absolute Gasteiger partial charge is 0.269 e. The highest BCUT2D eigenvalue weighted by Gasteiger charge is 2.05. The third-order valence-electron chi connectivity index (χ3n) is 2.92. The molecule has 0 aromatic heterocycles. The molecule has 0 unspecified atom stereocenters. The standard InChI is InChI=1S/C15H15NO4/c1-11(17)13-4-8-15(9-5-13)20-10-12-2-6-14(7-3-12)16(18)19/h2-9,11,17H,10H2,1H3/t11-/m1/s1. The Balaban J connectivity index is 1.96. The third kappa shape index (κ3) is 3.55. The molecule has 0 saturated carbocycles. The van der Waals surface area contributed by atoms with Crippen LogP contribution in [-0.2, 0) is 6.61 Å². The Kier molecular flexibility index (Phi) is 4.32. The second-order valence-corrected chi connectivity index (χ2v) is 4.46. The monoisotopic (exact) mass is 273 g/mol. The van der Waals surface area contributed by atoms with Crippen LogP contribution < -0.4 is 4.74 Å². The number of aliphatic hydroxyl groups is 1. The number of aliphatic hydroxyl groups excluding tert-OH is 1. The zero-order valence-corrected chi connectivity index (χ0v) is 11.0. The average Bonchev–Trinajstić information content (AvgIpc) is 2.46. The molecule has 5 nitrogen and oxygen atoms in total. The number of ether oxygens (including phenoxy) is 1. The molecule has 0 bridgehead atoms. The lowest BCUT2D eigenvalue weighted by Crippen LogP contribution is -1.97. The predicted octanol–water partition coefficient (Wildman–Crippen LogP) is 3.23. The molecule has 0 radical (unpaired) electrons. The Morgan fingerprint density at radius 3 is 2.25 bits per heavy atom. The van der Waals surface area contributed by atoms with Crippen molar-refractivity contribution in [2.75, 3.05) is 0 Å². The Bertz CT molecular complexity index is 576. The molecule has 0 spiro atoms. The normalized spacial score (nSPS) is 11.9. The van der Waals surface area contributed by atoms with Gasteiger partial charge < -0.3 is 9.84 Å². The molecule has 0 amide bonds. The number of hydrogen-bond donors (Lipinski definition) is 1. The first-order chi connectivity index (χ1) is 9.56. The fourth-order valence-corrected chi connectivity index (χ4v) is 1.72. The van der Waals surface area contributed by atoms with E-state index in [0.717, 1.165) is 11.1 Å². The molecule has 0 heterocycles. The van der Waals surface area contributed by atoms with Crippen LogP contribution in [0.2, 0.25) is 0 Å². The topological polar surface area (TPSA) is 72.6 Å². The molecule has 1 N–H and O–H groups in total. The largest absolute Gasteiger partial charge is 0.489 e. The minimum Gasteiger partial charge on any atom is -0.489 e. The average molecular weight is 273 g/mol. The number of non-ortho nitro benzene ring substituents is 1. The molecule has 5 heteroatoms. The number of benzene rings is 2. The molecule has 20 heavy (non-hydrogen) atoms. The van der Waals surface area contributed by atoms with Crippen LogP contribution in [0.4, 0.5) is 5.69 Å². The van der Waals surface area contributed by atoms with Gasteiger partial charge in [-0.15, -0.1) is 0 Å². The fraction of sp³-hybridized carbons (Fsp3) is 0.200. The summed E-state index contributed by atoms with van der Waals surface area (Å²) in [5.74, 6) is 0.688. The zero-order valence-electron chi connectivity index (χ0n) is 11.0. The summed E-state index contributed by atoms with van der Waals surface area (Å²) in [6.07, 6.45) is -0.501. The van der Waals surface area contributed by atoms with E-state index in [4.69, 9.17) is 4.74 Å². The SMILES string of the molecule is C[C@@H](O)c1ccc(OCc2ccc([N+](=O)[O-])cc2)cc1. The van der Waals surface area contributed by atoms with Crippen molar-refractivity contribution in [1.82, 2.24) is 0 Å². The first-order valence-electron chi connectivity index (χ1n) is 6.20. The van der Waals surface area contributed by atoms with E-state index in [2.05, 4.69) is 0 Å². The van der Waals surface area contributed by atoms with Gasteiger partial charge in [0, 0.05) is 12.1 Å². The molecule has 2 rings (SSSR count). The summed E-state index contributed by atoms with van der Waals surface area (Å²) in [6.45, 7) is 2.04. The van der Waals surface area contributed by atoms with Crippen molar-refractivity contribution >= 4 is 5.69 Å². The molecule has 2 aromatic rings. The Morgan fingerprint density at radius 1 is 1.15 bits per heavy atom. The zero-order chi connectivity index (χ0) is 14.5. The van der Waals surface area contributed by atoms with Gasteiger partial charge in [0.15, 0.2) is 0 Å². The molecule has 0 aliphatic carbocycles. The van der Waals surface area contributed by atoms with Crippen molar-refractivity contribution in [1.29, 1.82) is 0 Å². The van der Waals surface area contributed by atoms with Gasteiger partial charge in [0.2, 0.25) is 0 Å². The van der Waals surface area contributed by atoms with Gasteiger partial charge in [0.1, 0.15) is 12.4 Å². The van der Waals surface area contributed by atoms with Crippen molar-refractivity contribution in [2.45, 2.75) is 19.6 Å². The van der Waals surface area contributed by atoms with E-state index in [-0.39, 0.29) is 5.69 Å². The Hall–Kier alpha value is -2.40. The molecule has 0 saturated heterocycles. The molecule has 104 valence electrons.